The molecule has 1 N–H and O–H groups in total. The van der Waals surface area contributed by atoms with Crippen LogP contribution in [0.25, 0.3) is 0 Å². The average molecular weight is 558 g/mol. The lowest BCUT2D eigenvalue weighted by molar-refractivity contribution is -0.139. The van der Waals surface area contributed by atoms with Gasteiger partial charge in [0.15, 0.2) is 0 Å². The number of sulfonamides is 1. The molecule has 0 heterocycles. The SMILES string of the molecule is CC[C@@H](C)NC(=O)[C@@H](C)N(Cc1ccc(F)cc1)C(=O)CN(c1ccc(C)cc1)S(=O)(=O)c1ccc(F)cc1. The van der Waals surface area contributed by atoms with Gasteiger partial charge in [0, 0.05) is 12.6 Å². The molecule has 0 saturated carbocycles. The Morgan fingerprint density at radius 1 is 0.872 bits per heavy atom. The van der Waals surface area contributed by atoms with Crippen molar-refractivity contribution in [3.63, 3.8) is 0 Å². The lowest BCUT2D eigenvalue weighted by Crippen LogP contribution is -2.52. The highest BCUT2D eigenvalue weighted by Gasteiger charge is 2.32. The third-order valence-electron chi connectivity index (χ3n) is 6.44. The van der Waals surface area contributed by atoms with E-state index in [9.17, 15) is 26.8 Å². The molecule has 2 amide bonds. The number of rotatable bonds is 11. The van der Waals surface area contributed by atoms with E-state index in [1.54, 1.807) is 31.2 Å². The van der Waals surface area contributed by atoms with E-state index in [0.29, 0.717) is 12.0 Å². The second kappa shape index (κ2) is 12.8. The first kappa shape index (κ1) is 29.8. The summed E-state index contributed by atoms with van der Waals surface area (Å²) in [6.45, 7) is 6.49. The fourth-order valence-corrected chi connectivity index (χ4v) is 5.22. The number of hydrogen-bond donors (Lipinski definition) is 1. The van der Waals surface area contributed by atoms with E-state index < -0.39 is 46.1 Å². The number of nitrogens with zero attached hydrogens (tertiary/aromatic N) is 2. The van der Waals surface area contributed by atoms with Gasteiger partial charge in [-0.3, -0.25) is 13.9 Å². The van der Waals surface area contributed by atoms with E-state index in [1.165, 1.54) is 29.2 Å². The summed E-state index contributed by atoms with van der Waals surface area (Å²) in [6.07, 6.45) is 0.682. The maximum absolute atomic E-state index is 13.8. The van der Waals surface area contributed by atoms with Crippen LogP contribution in [0.3, 0.4) is 0 Å². The molecule has 7 nitrogen and oxygen atoms in total. The first-order valence-corrected chi connectivity index (χ1v) is 14.1. The number of anilines is 1. The van der Waals surface area contributed by atoms with E-state index >= 15 is 0 Å². The van der Waals surface area contributed by atoms with E-state index in [0.717, 1.165) is 34.1 Å². The number of carbonyl (C=O) groups excluding carboxylic acids is 2. The molecule has 0 aliphatic rings. The Kier molecular flexibility index (Phi) is 9.80. The quantitative estimate of drug-likeness (QED) is 0.367. The van der Waals surface area contributed by atoms with Crippen molar-refractivity contribution in [1.29, 1.82) is 0 Å². The van der Waals surface area contributed by atoms with Gasteiger partial charge in [-0.1, -0.05) is 36.8 Å². The van der Waals surface area contributed by atoms with Crippen LogP contribution in [-0.2, 0) is 26.2 Å². The number of halogens is 2. The number of carbonyl (C=O) groups is 2. The zero-order valence-corrected chi connectivity index (χ0v) is 23.2. The third kappa shape index (κ3) is 7.63. The Labute approximate surface area is 228 Å². The summed E-state index contributed by atoms with van der Waals surface area (Å²) in [4.78, 5) is 27.9. The average Bonchev–Trinajstić information content (AvgIpc) is 2.91. The van der Waals surface area contributed by atoms with Crippen molar-refractivity contribution in [3.8, 4) is 0 Å². The lowest BCUT2D eigenvalue weighted by atomic mass is 10.1. The van der Waals surface area contributed by atoms with Gasteiger partial charge in [-0.15, -0.1) is 0 Å². The highest BCUT2D eigenvalue weighted by molar-refractivity contribution is 7.92. The van der Waals surface area contributed by atoms with Gasteiger partial charge in [0.05, 0.1) is 10.6 Å². The summed E-state index contributed by atoms with van der Waals surface area (Å²) in [6, 6.07) is 15.3. The van der Waals surface area contributed by atoms with Crippen LogP contribution in [0.5, 0.6) is 0 Å². The molecular formula is C29H33F2N3O4S. The Balaban J connectivity index is 2.01. The number of benzene rings is 3. The molecule has 0 aromatic heterocycles. The second-order valence-electron chi connectivity index (χ2n) is 9.44. The standard InChI is InChI=1S/C29H33F2N3O4S/c1-5-21(3)32-29(36)22(4)33(18-23-8-10-24(30)11-9-23)28(35)19-34(26-14-6-20(2)7-15-26)39(37,38)27-16-12-25(31)13-17-27/h6-17,21-22H,5,18-19H2,1-4H3,(H,32,36)/t21-,22-/m1/s1. The Morgan fingerprint density at radius 3 is 1.95 bits per heavy atom. The number of hydrogen-bond acceptors (Lipinski definition) is 4. The number of aryl methyl sites for hydroxylation is 1. The van der Waals surface area contributed by atoms with Crippen LogP contribution in [0.1, 0.15) is 38.3 Å². The van der Waals surface area contributed by atoms with E-state index in [2.05, 4.69) is 5.32 Å². The molecule has 3 aromatic carbocycles. The third-order valence-corrected chi connectivity index (χ3v) is 8.23. The molecule has 10 heteroatoms. The van der Waals surface area contributed by atoms with E-state index in [1.807, 2.05) is 20.8 Å². The topological polar surface area (TPSA) is 86.8 Å². The second-order valence-corrected chi connectivity index (χ2v) is 11.3. The van der Waals surface area contributed by atoms with Gasteiger partial charge in [0.25, 0.3) is 10.0 Å². The predicted octanol–water partition coefficient (Wildman–Crippen LogP) is 4.80. The fraction of sp³-hybridized carbons (Fsp3) is 0.310. The minimum absolute atomic E-state index is 0.0491. The minimum atomic E-state index is -4.29. The molecule has 39 heavy (non-hydrogen) atoms. The van der Waals surface area contributed by atoms with Crippen LogP contribution in [0.2, 0.25) is 0 Å². The first-order valence-electron chi connectivity index (χ1n) is 12.6. The summed E-state index contributed by atoms with van der Waals surface area (Å²) in [7, 11) is -4.29. The molecule has 0 radical (unpaired) electrons. The Bertz CT molecular complexity index is 1380. The summed E-state index contributed by atoms with van der Waals surface area (Å²) in [5, 5.41) is 2.85. The molecule has 0 bridgehead atoms. The van der Waals surface area contributed by atoms with Crippen molar-refractivity contribution in [3.05, 3.63) is 95.6 Å². The van der Waals surface area contributed by atoms with Gasteiger partial charge in [-0.25, -0.2) is 17.2 Å². The molecule has 208 valence electrons. The normalized spacial score (nSPS) is 12.9. The Morgan fingerprint density at radius 2 is 1.41 bits per heavy atom. The maximum atomic E-state index is 13.8. The van der Waals surface area contributed by atoms with Gasteiger partial charge >= 0.3 is 0 Å². The molecule has 0 unspecified atom stereocenters. The fourth-order valence-electron chi connectivity index (χ4n) is 3.81. The Hall–Kier alpha value is -3.79. The van der Waals surface area contributed by atoms with E-state index in [-0.39, 0.29) is 23.2 Å². The van der Waals surface area contributed by atoms with Gasteiger partial charge < -0.3 is 10.2 Å². The van der Waals surface area contributed by atoms with Crippen molar-refractivity contribution in [2.24, 2.45) is 0 Å². The highest BCUT2D eigenvalue weighted by Crippen LogP contribution is 2.25. The minimum Gasteiger partial charge on any atom is -0.352 e. The zero-order chi connectivity index (χ0) is 28.7. The van der Waals surface area contributed by atoms with Crippen LogP contribution in [0.4, 0.5) is 14.5 Å². The highest BCUT2D eigenvalue weighted by atomic mass is 32.2. The van der Waals surface area contributed by atoms with Gasteiger partial charge in [0.1, 0.15) is 24.2 Å². The maximum Gasteiger partial charge on any atom is 0.264 e. The lowest BCUT2D eigenvalue weighted by Gasteiger charge is -2.32. The summed E-state index contributed by atoms with van der Waals surface area (Å²) >= 11 is 0. The van der Waals surface area contributed by atoms with Crippen molar-refractivity contribution in [2.75, 3.05) is 10.8 Å². The molecule has 3 rings (SSSR count). The molecule has 2 atom stereocenters. The monoisotopic (exact) mass is 557 g/mol. The van der Waals surface area contributed by atoms with Crippen LogP contribution < -0.4 is 9.62 Å². The van der Waals surface area contributed by atoms with Gasteiger partial charge in [-0.05, 0) is 81.3 Å². The molecular weight excluding hydrogens is 524 g/mol. The van der Waals surface area contributed by atoms with E-state index in [4.69, 9.17) is 0 Å². The zero-order valence-electron chi connectivity index (χ0n) is 22.4. The summed E-state index contributed by atoms with van der Waals surface area (Å²) < 4.78 is 55.4. The van der Waals surface area contributed by atoms with Crippen molar-refractivity contribution >= 4 is 27.5 Å². The largest absolute Gasteiger partial charge is 0.352 e. The van der Waals surface area contributed by atoms with Crippen LogP contribution in [0, 0.1) is 18.6 Å². The van der Waals surface area contributed by atoms with Crippen LogP contribution >= 0.6 is 0 Å². The first-order chi connectivity index (χ1) is 18.4. The number of amides is 2. The van der Waals surface area contributed by atoms with Gasteiger partial charge in [-0.2, -0.15) is 0 Å². The molecule has 0 spiro atoms. The smallest absolute Gasteiger partial charge is 0.264 e. The molecule has 3 aromatic rings. The van der Waals surface area contributed by atoms with Crippen molar-refractivity contribution in [2.45, 2.75) is 57.6 Å². The van der Waals surface area contributed by atoms with Crippen LogP contribution in [-0.4, -0.2) is 43.8 Å². The molecule has 0 aliphatic carbocycles. The summed E-state index contributed by atoms with van der Waals surface area (Å²) in [5.74, 6) is -2.09. The van der Waals surface area contributed by atoms with Crippen LogP contribution in [0.15, 0.2) is 77.7 Å². The van der Waals surface area contributed by atoms with Crippen molar-refractivity contribution < 1.29 is 26.8 Å². The van der Waals surface area contributed by atoms with Crippen molar-refractivity contribution in [1.82, 2.24) is 10.2 Å². The predicted molar refractivity (Wildman–Crippen MR) is 146 cm³/mol. The molecule has 0 fully saturated rings. The molecule has 0 saturated heterocycles. The summed E-state index contributed by atoms with van der Waals surface area (Å²) in [5.41, 5.74) is 1.69. The van der Waals surface area contributed by atoms with Gasteiger partial charge in [0.2, 0.25) is 11.8 Å². The molecule has 0 aliphatic heterocycles. The number of nitrogens with one attached hydrogen (secondary N) is 1.